The van der Waals surface area contributed by atoms with Crippen LogP contribution in [-0.2, 0) is 6.54 Å². The number of hydrogen-bond acceptors (Lipinski definition) is 5. The van der Waals surface area contributed by atoms with Gasteiger partial charge in [-0.3, -0.25) is 0 Å². The number of nitrogens with two attached hydrogens (primary N) is 2. The van der Waals surface area contributed by atoms with Crippen molar-refractivity contribution in [2.45, 2.75) is 39.2 Å². The van der Waals surface area contributed by atoms with Crippen molar-refractivity contribution in [3.8, 4) is 0 Å². The Morgan fingerprint density at radius 2 is 1.62 bits per heavy atom. The summed E-state index contributed by atoms with van der Waals surface area (Å²) in [5, 5.41) is 9.33. The van der Waals surface area contributed by atoms with Crippen LogP contribution in [0.5, 0.6) is 0 Å². The molecular weight excluding hydrogens is 362 g/mol. The maximum atomic E-state index is 8.29. The van der Waals surface area contributed by atoms with Gasteiger partial charge in [-0.1, -0.05) is 74.7 Å². The second-order valence-electron chi connectivity index (χ2n) is 7.04. The van der Waals surface area contributed by atoms with Gasteiger partial charge in [0.25, 0.3) is 0 Å². The first kappa shape index (κ1) is 20.6. The van der Waals surface area contributed by atoms with E-state index < -0.39 is 0 Å². The number of aromatic nitrogens is 3. The Morgan fingerprint density at radius 1 is 0.897 bits per heavy atom. The third-order valence-electron chi connectivity index (χ3n) is 4.84. The molecule has 0 bridgehead atoms. The van der Waals surface area contributed by atoms with Crippen molar-refractivity contribution in [2.24, 2.45) is 0 Å². The summed E-state index contributed by atoms with van der Waals surface area (Å²) in [6.07, 6.45) is 4.68. The summed E-state index contributed by atoms with van der Waals surface area (Å²) >= 11 is 0. The molecule has 2 aromatic heterocycles. The highest BCUT2D eigenvalue weighted by atomic mass is 16.2. The summed E-state index contributed by atoms with van der Waals surface area (Å²) in [6, 6.07) is 18.3. The Bertz CT molecular complexity index is 1060. The Hall–Kier alpha value is -3.12. The van der Waals surface area contributed by atoms with Gasteiger partial charge in [0.15, 0.2) is 5.82 Å². The van der Waals surface area contributed by atoms with E-state index in [1.54, 1.807) is 0 Å². The molecule has 0 amide bonds. The topological polar surface area (TPSA) is 103 Å². The van der Waals surface area contributed by atoms with Crippen molar-refractivity contribution in [3.05, 3.63) is 60.2 Å². The van der Waals surface area contributed by atoms with Gasteiger partial charge in [0, 0.05) is 18.5 Å². The largest absolute Gasteiger partial charge is 0.396 e. The minimum Gasteiger partial charge on any atom is -0.396 e. The number of nitrogens with zero attached hydrogens (tertiary/aromatic N) is 3. The molecule has 4 rings (SSSR count). The van der Waals surface area contributed by atoms with Crippen LogP contribution in [0.4, 0.5) is 11.8 Å². The molecule has 4 aromatic rings. The van der Waals surface area contributed by atoms with Gasteiger partial charge in [-0.05, 0) is 18.1 Å². The molecule has 6 heteroatoms. The number of benzene rings is 2. The van der Waals surface area contributed by atoms with Crippen LogP contribution in [-0.4, -0.2) is 26.2 Å². The van der Waals surface area contributed by atoms with Crippen LogP contribution < -0.4 is 11.5 Å². The van der Waals surface area contributed by atoms with Crippen molar-refractivity contribution < 1.29 is 5.11 Å². The van der Waals surface area contributed by atoms with Crippen LogP contribution in [0.15, 0.2) is 54.6 Å². The van der Waals surface area contributed by atoms with Crippen LogP contribution in [0.1, 0.15) is 38.2 Å². The Labute approximate surface area is 171 Å². The van der Waals surface area contributed by atoms with Crippen LogP contribution in [0.25, 0.3) is 21.9 Å². The van der Waals surface area contributed by atoms with Gasteiger partial charge >= 0.3 is 0 Å². The summed E-state index contributed by atoms with van der Waals surface area (Å²) in [7, 11) is 0. The lowest BCUT2D eigenvalue weighted by atomic mass is 10.2. The number of anilines is 2. The maximum Gasteiger partial charge on any atom is 0.222 e. The zero-order valence-corrected chi connectivity index (χ0v) is 16.9. The summed E-state index contributed by atoms with van der Waals surface area (Å²) in [4.78, 5) is 8.52. The summed E-state index contributed by atoms with van der Waals surface area (Å²) in [5.74, 6) is 0.613. The lowest BCUT2D eigenvalue weighted by Crippen LogP contribution is -2.05. The fourth-order valence-electron chi connectivity index (χ4n) is 3.44. The van der Waals surface area contributed by atoms with Crippen LogP contribution in [0.3, 0.4) is 0 Å². The number of nitrogen functional groups attached to an aromatic ring is 2. The molecule has 152 valence electrons. The number of rotatable bonds is 6. The van der Waals surface area contributed by atoms with Crippen LogP contribution in [0, 0.1) is 0 Å². The first-order valence-electron chi connectivity index (χ1n) is 10.1. The van der Waals surface area contributed by atoms with E-state index in [4.69, 9.17) is 16.6 Å². The van der Waals surface area contributed by atoms with E-state index >= 15 is 0 Å². The molecule has 0 aliphatic rings. The number of unbranched alkanes of at least 4 members (excludes halogenated alkanes) is 3. The summed E-state index contributed by atoms with van der Waals surface area (Å²) < 4.78 is 2.15. The van der Waals surface area contributed by atoms with Gasteiger partial charge in [0.1, 0.15) is 11.0 Å². The van der Waals surface area contributed by atoms with Gasteiger partial charge < -0.3 is 21.1 Å². The molecular formula is C23H29N5O. The fourth-order valence-corrected chi connectivity index (χ4v) is 3.44. The summed E-state index contributed by atoms with van der Waals surface area (Å²) in [5.41, 5.74) is 15.8. The molecule has 0 atom stereocenters. The van der Waals surface area contributed by atoms with Gasteiger partial charge in [-0.15, -0.1) is 0 Å². The second kappa shape index (κ2) is 9.89. The molecule has 2 heterocycles. The van der Waals surface area contributed by atoms with E-state index in [2.05, 4.69) is 39.7 Å². The molecule has 0 aliphatic carbocycles. The van der Waals surface area contributed by atoms with E-state index in [0.29, 0.717) is 19.0 Å². The molecule has 0 saturated carbocycles. The van der Waals surface area contributed by atoms with Crippen molar-refractivity contribution >= 4 is 33.7 Å². The zero-order chi connectivity index (χ0) is 20.6. The minimum absolute atomic E-state index is 0.201. The smallest absolute Gasteiger partial charge is 0.222 e. The van der Waals surface area contributed by atoms with Crippen LogP contribution >= 0.6 is 0 Å². The van der Waals surface area contributed by atoms with E-state index in [1.165, 1.54) is 24.8 Å². The first-order chi connectivity index (χ1) is 14.2. The molecule has 0 saturated heterocycles. The standard InChI is InChI=1S/C17H15N5.C6H14O/c18-16-15-14(20-17(19)21-16)12-8-4-5-9-13(12)22(15)10-11-6-2-1-3-7-11;1-2-3-4-5-6-7/h1-9H,10H2,(H4,18,19,20,21);7H,2-6H2,1H3. The SMILES string of the molecule is CCCCCCO.Nc1nc(N)c2c(n1)c1ccccc1n2Cc1ccccc1. The molecule has 2 aromatic carbocycles. The second-order valence-corrected chi connectivity index (χ2v) is 7.04. The molecule has 5 N–H and O–H groups in total. The molecule has 6 nitrogen and oxygen atoms in total. The molecule has 0 spiro atoms. The van der Waals surface area contributed by atoms with Gasteiger partial charge in [-0.2, -0.15) is 4.98 Å². The lowest BCUT2D eigenvalue weighted by molar-refractivity contribution is 0.283. The highest BCUT2D eigenvalue weighted by molar-refractivity contribution is 6.09. The predicted molar refractivity (Wildman–Crippen MR) is 121 cm³/mol. The highest BCUT2D eigenvalue weighted by Crippen LogP contribution is 2.31. The first-order valence-corrected chi connectivity index (χ1v) is 10.1. The third-order valence-corrected chi connectivity index (χ3v) is 4.84. The normalized spacial score (nSPS) is 10.8. The van der Waals surface area contributed by atoms with E-state index in [9.17, 15) is 0 Å². The Kier molecular flexibility index (Phi) is 7.03. The predicted octanol–water partition coefficient (Wildman–Crippen LogP) is 4.36. The highest BCUT2D eigenvalue weighted by Gasteiger charge is 2.15. The van der Waals surface area contributed by atoms with Gasteiger partial charge in [0.2, 0.25) is 5.95 Å². The molecule has 0 aliphatic heterocycles. The minimum atomic E-state index is 0.201. The number of para-hydroxylation sites is 1. The third kappa shape index (κ3) is 4.84. The average Bonchev–Trinajstić information content (AvgIpc) is 3.04. The van der Waals surface area contributed by atoms with Crippen LogP contribution in [0.2, 0.25) is 0 Å². The average molecular weight is 392 g/mol. The number of aliphatic hydroxyl groups is 1. The number of hydrogen-bond donors (Lipinski definition) is 3. The number of aliphatic hydroxyl groups excluding tert-OH is 1. The maximum absolute atomic E-state index is 8.29. The quantitative estimate of drug-likeness (QED) is 0.424. The zero-order valence-electron chi connectivity index (χ0n) is 16.9. The van der Waals surface area contributed by atoms with E-state index in [-0.39, 0.29) is 5.95 Å². The number of fused-ring (bicyclic) bond motifs is 3. The summed E-state index contributed by atoms with van der Waals surface area (Å²) in [6.45, 7) is 3.24. The van der Waals surface area contributed by atoms with Crippen molar-refractivity contribution in [2.75, 3.05) is 18.1 Å². The van der Waals surface area contributed by atoms with E-state index in [1.807, 2.05) is 36.4 Å². The van der Waals surface area contributed by atoms with Crippen molar-refractivity contribution in [1.82, 2.24) is 14.5 Å². The van der Waals surface area contributed by atoms with Crippen molar-refractivity contribution in [3.63, 3.8) is 0 Å². The van der Waals surface area contributed by atoms with Gasteiger partial charge in [0.05, 0.1) is 5.52 Å². The lowest BCUT2D eigenvalue weighted by Gasteiger charge is -2.08. The Balaban J connectivity index is 0.000000298. The van der Waals surface area contributed by atoms with Crippen molar-refractivity contribution in [1.29, 1.82) is 0 Å². The van der Waals surface area contributed by atoms with E-state index in [0.717, 1.165) is 28.4 Å². The molecule has 29 heavy (non-hydrogen) atoms. The van der Waals surface area contributed by atoms with Gasteiger partial charge in [-0.25, -0.2) is 4.98 Å². The molecule has 0 radical (unpaired) electrons. The Morgan fingerprint density at radius 3 is 2.34 bits per heavy atom. The fraction of sp³-hybridized carbons (Fsp3) is 0.304. The monoisotopic (exact) mass is 391 g/mol. The molecule has 0 unspecified atom stereocenters. The molecule has 0 fully saturated rings.